The zero-order valence-corrected chi connectivity index (χ0v) is 20.1. The number of rotatable bonds is 6. The second-order valence-corrected chi connectivity index (χ2v) is 8.88. The first kappa shape index (κ1) is 22.4. The van der Waals surface area contributed by atoms with Crippen LogP contribution in [-0.4, -0.2) is 0 Å². The van der Waals surface area contributed by atoms with E-state index in [0.29, 0.717) is 0 Å². The number of aryl methyl sites for hydroxylation is 1. The van der Waals surface area contributed by atoms with Gasteiger partial charge >= 0.3 is 0 Å². The van der Waals surface area contributed by atoms with E-state index in [9.17, 15) is 0 Å². The topological polar surface area (TPSA) is 3.24 Å². The summed E-state index contributed by atoms with van der Waals surface area (Å²) in [5.74, 6) is 0. The molecule has 0 radical (unpaired) electrons. The Morgan fingerprint density at radius 3 is 1.74 bits per heavy atom. The van der Waals surface area contributed by atoms with Gasteiger partial charge in [-0.15, -0.1) is 0 Å². The lowest BCUT2D eigenvalue weighted by Gasteiger charge is -2.28. The van der Waals surface area contributed by atoms with Crippen molar-refractivity contribution in [1.82, 2.24) is 0 Å². The van der Waals surface area contributed by atoms with Crippen LogP contribution in [0.3, 0.4) is 0 Å². The Bertz CT molecular complexity index is 1350. The van der Waals surface area contributed by atoms with Gasteiger partial charge in [0.2, 0.25) is 0 Å². The van der Waals surface area contributed by atoms with Crippen molar-refractivity contribution in [2.75, 3.05) is 4.90 Å². The molecular weight excluding hydrogens is 422 g/mol. The van der Waals surface area contributed by atoms with E-state index >= 15 is 0 Å². The van der Waals surface area contributed by atoms with Crippen LogP contribution >= 0.6 is 0 Å². The van der Waals surface area contributed by atoms with E-state index in [0.717, 1.165) is 23.4 Å². The third kappa shape index (κ3) is 5.26. The van der Waals surface area contributed by atoms with Crippen molar-refractivity contribution in [3.05, 3.63) is 168 Å². The Labute approximate surface area is 208 Å². The molecule has 0 bridgehead atoms. The molecule has 0 amide bonds. The van der Waals surface area contributed by atoms with Crippen LogP contribution in [0.5, 0.6) is 0 Å². The molecule has 0 aliphatic heterocycles. The fraction of sp³-hybridized carbons (Fsp3) is 0.0588. The molecule has 4 aromatic rings. The zero-order chi connectivity index (χ0) is 24.0. The molecule has 0 heterocycles. The minimum atomic E-state index is 0.868. The van der Waals surface area contributed by atoms with Gasteiger partial charge in [0.1, 0.15) is 0 Å². The number of hydrogen-bond acceptors (Lipinski definition) is 1. The molecule has 0 saturated heterocycles. The van der Waals surface area contributed by atoms with Crippen LogP contribution in [0.2, 0.25) is 0 Å². The number of hydrogen-bond donors (Lipinski definition) is 0. The normalized spacial score (nSPS) is 12.7. The van der Waals surface area contributed by atoms with Crippen molar-refractivity contribution in [3.63, 3.8) is 0 Å². The smallest absolute Gasteiger partial charge is 0.0461 e. The van der Waals surface area contributed by atoms with E-state index in [1.165, 1.54) is 33.5 Å². The number of anilines is 2. The van der Waals surface area contributed by atoms with Gasteiger partial charge < -0.3 is 4.90 Å². The van der Waals surface area contributed by atoms with Crippen LogP contribution in [-0.2, 0) is 0 Å². The first-order valence-corrected chi connectivity index (χ1v) is 12.0. The van der Waals surface area contributed by atoms with Crippen molar-refractivity contribution >= 4 is 23.0 Å². The standard InChI is InChI=1S/C34H29N/c1-26-13-19-31(20-14-26)35(32-21-15-27(2)16-22-32)33-23-17-28(18-24-33)25-34(29-9-5-3-6-10-29)30-11-7-4-8-12-30/h3-13,15-25H,1,14H2,2H3. The summed E-state index contributed by atoms with van der Waals surface area (Å²) in [7, 11) is 0. The molecule has 0 N–H and O–H groups in total. The second-order valence-electron chi connectivity index (χ2n) is 8.88. The molecule has 0 fully saturated rings. The molecule has 170 valence electrons. The fourth-order valence-corrected chi connectivity index (χ4v) is 4.34. The van der Waals surface area contributed by atoms with Gasteiger partial charge in [0.15, 0.2) is 0 Å². The maximum Gasteiger partial charge on any atom is 0.0461 e. The molecule has 1 aliphatic carbocycles. The van der Waals surface area contributed by atoms with Crippen LogP contribution in [0.25, 0.3) is 11.6 Å². The third-order valence-corrected chi connectivity index (χ3v) is 6.25. The molecule has 0 atom stereocenters. The van der Waals surface area contributed by atoms with E-state index in [4.69, 9.17) is 0 Å². The average molecular weight is 452 g/mol. The van der Waals surface area contributed by atoms with Gasteiger partial charge in [-0.3, -0.25) is 0 Å². The Hall–Kier alpha value is -4.36. The van der Waals surface area contributed by atoms with Gasteiger partial charge in [-0.2, -0.15) is 0 Å². The molecule has 4 aromatic carbocycles. The maximum absolute atomic E-state index is 4.10. The quantitative estimate of drug-likeness (QED) is 0.264. The summed E-state index contributed by atoms with van der Waals surface area (Å²) < 4.78 is 0. The van der Waals surface area contributed by atoms with E-state index in [1.807, 2.05) is 0 Å². The molecule has 0 saturated carbocycles. The summed E-state index contributed by atoms with van der Waals surface area (Å²) in [5, 5.41) is 0. The average Bonchev–Trinajstić information content (AvgIpc) is 2.91. The summed E-state index contributed by atoms with van der Waals surface area (Å²) in [6, 6.07) is 38.7. The van der Waals surface area contributed by atoms with E-state index in [2.05, 4.69) is 152 Å². The minimum absolute atomic E-state index is 0.868. The van der Waals surface area contributed by atoms with Gasteiger partial charge in [0, 0.05) is 17.1 Å². The van der Waals surface area contributed by atoms with Crippen molar-refractivity contribution in [3.8, 4) is 0 Å². The summed E-state index contributed by atoms with van der Waals surface area (Å²) in [4.78, 5) is 2.31. The molecule has 0 unspecified atom stereocenters. The largest absolute Gasteiger partial charge is 0.311 e. The number of nitrogens with zero attached hydrogens (tertiary/aromatic N) is 1. The highest BCUT2D eigenvalue weighted by Gasteiger charge is 2.15. The highest BCUT2D eigenvalue weighted by molar-refractivity contribution is 5.91. The fourth-order valence-electron chi connectivity index (χ4n) is 4.34. The molecule has 1 heteroatoms. The molecule has 0 aromatic heterocycles. The van der Waals surface area contributed by atoms with Gasteiger partial charge in [0.05, 0.1) is 0 Å². The van der Waals surface area contributed by atoms with Crippen molar-refractivity contribution in [2.45, 2.75) is 13.3 Å². The van der Waals surface area contributed by atoms with Crippen molar-refractivity contribution in [1.29, 1.82) is 0 Å². The third-order valence-electron chi connectivity index (χ3n) is 6.25. The summed E-state index contributed by atoms with van der Waals surface area (Å²) >= 11 is 0. The van der Waals surface area contributed by atoms with Crippen LogP contribution in [0, 0.1) is 6.92 Å². The van der Waals surface area contributed by atoms with Crippen LogP contribution < -0.4 is 4.90 Å². The summed E-state index contributed by atoms with van der Waals surface area (Å²) in [6.45, 7) is 6.22. The van der Waals surface area contributed by atoms with E-state index in [1.54, 1.807) is 0 Å². The number of benzene rings is 4. The van der Waals surface area contributed by atoms with Crippen LogP contribution in [0.15, 0.2) is 145 Å². The molecule has 1 nitrogen and oxygen atoms in total. The summed E-state index contributed by atoms with van der Waals surface area (Å²) in [6.07, 6.45) is 9.65. The van der Waals surface area contributed by atoms with Gasteiger partial charge in [0.25, 0.3) is 0 Å². The highest BCUT2D eigenvalue weighted by Crippen LogP contribution is 2.34. The van der Waals surface area contributed by atoms with E-state index < -0.39 is 0 Å². The lowest BCUT2D eigenvalue weighted by Crippen LogP contribution is -2.16. The Morgan fingerprint density at radius 1 is 0.686 bits per heavy atom. The lowest BCUT2D eigenvalue weighted by atomic mass is 9.95. The van der Waals surface area contributed by atoms with Crippen LogP contribution in [0.4, 0.5) is 11.4 Å². The minimum Gasteiger partial charge on any atom is -0.311 e. The molecule has 5 rings (SSSR count). The first-order valence-electron chi connectivity index (χ1n) is 12.0. The Kier molecular flexibility index (Phi) is 6.59. The van der Waals surface area contributed by atoms with Gasteiger partial charge in [-0.05, 0) is 72.0 Å². The Balaban J connectivity index is 1.53. The SMILES string of the molecule is C=C1C=CC(N(c2ccc(C)cc2)c2ccc(C=C(c3ccccc3)c3ccccc3)cc2)=CC1. The van der Waals surface area contributed by atoms with Crippen molar-refractivity contribution in [2.24, 2.45) is 0 Å². The predicted molar refractivity (Wildman–Crippen MR) is 151 cm³/mol. The Morgan fingerprint density at radius 2 is 1.23 bits per heavy atom. The maximum atomic E-state index is 4.10. The first-order chi connectivity index (χ1) is 17.2. The summed E-state index contributed by atoms with van der Waals surface area (Å²) in [5.41, 5.74) is 10.6. The van der Waals surface area contributed by atoms with Crippen LogP contribution in [0.1, 0.15) is 28.7 Å². The highest BCUT2D eigenvalue weighted by atomic mass is 15.1. The number of allylic oxidation sites excluding steroid dienone is 4. The molecular formula is C34H29N. The predicted octanol–water partition coefficient (Wildman–Crippen LogP) is 9.12. The van der Waals surface area contributed by atoms with Crippen molar-refractivity contribution < 1.29 is 0 Å². The van der Waals surface area contributed by atoms with Gasteiger partial charge in [-0.1, -0.05) is 115 Å². The second kappa shape index (κ2) is 10.3. The lowest BCUT2D eigenvalue weighted by molar-refractivity contribution is 1.14. The monoisotopic (exact) mass is 451 g/mol. The van der Waals surface area contributed by atoms with E-state index in [-0.39, 0.29) is 0 Å². The zero-order valence-electron chi connectivity index (χ0n) is 20.1. The molecule has 35 heavy (non-hydrogen) atoms. The van der Waals surface area contributed by atoms with Gasteiger partial charge in [-0.25, -0.2) is 0 Å². The molecule has 0 spiro atoms. The molecule has 1 aliphatic rings.